The molecule has 0 aromatic heterocycles. The van der Waals surface area contributed by atoms with Gasteiger partial charge < -0.3 is 20.4 Å². The Morgan fingerprint density at radius 1 is 0.591 bits per heavy atom. The number of nitrogens with zero attached hydrogens (tertiary/aromatic N) is 2. The number of carboxylic acid groups (broad SMARTS) is 4. The fourth-order valence-electron chi connectivity index (χ4n) is 1.04. The van der Waals surface area contributed by atoms with E-state index in [1.54, 1.807) is 0 Å². The van der Waals surface area contributed by atoms with Crippen LogP contribution in [0.1, 0.15) is 0 Å². The van der Waals surface area contributed by atoms with E-state index >= 15 is 0 Å². The first-order valence-electron chi connectivity index (χ1n) is 5.28. The number of carbonyl (C=O) groups is 4. The van der Waals surface area contributed by atoms with Crippen molar-refractivity contribution in [2.24, 2.45) is 0 Å². The van der Waals surface area contributed by atoms with Crippen molar-refractivity contribution >= 4 is 83.0 Å². The van der Waals surface area contributed by atoms with Crippen LogP contribution in [0, 0.1) is 0 Å². The van der Waals surface area contributed by atoms with Crippen LogP contribution in [0.4, 0.5) is 0 Å². The fraction of sp³-hybridized carbons (Fsp3) is 0.600. The Morgan fingerprint density at radius 3 is 0.818 bits per heavy atom. The predicted octanol–water partition coefficient (Wildman–Crippen LogP) is -3.12. The molecule has 0 aromatic rings. The summed E-state index contributed by atoms with van der Waals surface area (Å²) in [6.45, 7) is -0.975. The molecule has 10 nitrogen and oxygen atoms in total. The molecule has 0 amide bonds. The molecule has 120 valence electrons. The van der Waals surface area contributed by atoms with Gasteiger partial charge >= 0.3 is 83.0 Å². The van der Waals surface area contributed by atoms with E-state index < -0.39 is 23.9 Å². The molecule has 0 spiro atoms. The number of hydrogen-bond donors (Lipinski definition) is 4. The molecule has 0 atom stereocenters. The first-order valence-corrected chi connectivity index (χ1v) is 5.28. The average molecular weight is 342 g/mol. The second-order valence-electron chi connectivity index (χ2n) is 3.92. The van der Waals surface area contributed by atoms with Crippen molar-refractivity contribution in [3.8, 4) is 0 Å². The number of rotatable bonds is 8. The standard InChI is InChI=1S/2C5H9NO4.2Na.2H/c2*1-6(2-4(7)8)3-5(9)10;;;;/h2*2-3H2,1H3,(H,7,8)(H,9,10);;;;. The molecule has 0 rings (SSSR count). The number of likely N-dealkylation sites (N-methyl/N-ethyl adjacent to an activating group) is 2. The quantitative estimate of drug-likeness (QED) is 0.333. The molecule has 0 fully saturated rings. The van der Waals surface area contributed by atoms with Gasteiger partial charge in [0, 0.05) is 0 Å². The van der Waals surface area contributed by atoms with Gasteiger partial charge in [-0.25, -0.2) is 0 Å². The second kappa shape index (κ2) is 17.2. The first-order chi connectivity index (χ1) is 9.04. The summed E-state index contributed by atoms with van der Waals surface area (Å²) in [5.41, 5.74) is 0. The molecule has 22 heavy (non-hydrogen) atoms. The van der Waals surface area contributed by atoms with Gasteiger partial charge in [-0.15, -0.1) is 0 Å². The maximum atomic E-state index is 9.96. The van der Waals surface area contributed by atoms with E-state index in [0.717, 1.165) is 0 Å². The number of aliphatic carboxylic acids is 4. The van der Waals surface area contributed by atoms with Crippen molar-refractivity contribution in [1.82, 2.24) is 9.80 Å². The van der Waals surface area contributed by atoms with Gasteiger partial charge in [0.15, 0.2) is 0 Å². The minimum atomic E-state index is -1.02. The van der Waals surface area contributed by atoms with Crippen LogP contribution in [0.25, 0.3) is 0 Å². The van der Waals surface area contributed by atoms with E-state index in [0.29, 0.717) is 0 Å². The van der Waals surface area contributed by atoms with Gasteiger partial charge in [0.2, 0.25) is 0 Å². The summed E-state index contributed by atoms with van der Waals surface area (Å²) in [6, 6.07) is 0. The van der Waals surface area contributed by atoms with E-state index in [4.69, 9.17) is 20.4 Å². The first kappa shape index (κ1) is 29.8. The van der Waals surface area contributed by atoms with Gasteiger partial charge in [0.05, 0.1) is 26.2 Å². The zero-order valence-electron chi connectivity index (χ0n) is 11.1. The Balaban J connectivity index is -0.000000135. The Hall–Kier alpha value is -0.200. The Morgan fingerprint density at radius 2 is 0.727 bits per heavy atom. The van der Waals surface area contributed by atoms with Gasteiger partial charge in [-0.1, -0.05) is 0 Å². The van der Waals surface area contributed by atoms with Crippen molar-refractivity contribution in [2.75, 3.05) is 40.3 Å². The van der Waals surface area contributed by atoms with Crippen LogP contribution in [0.5, 0.6) is 0 Å². The predicted molar refractivity (Wildman–Crippen MR) is 79.8 cm³/mol. The molecule has 0 radical (unpaired) electrons. The molecular weight excluding hydrogens is 322 g/mol. The van der Waals surface area contributed by atoms with Crippen molar-refractivity contribution in [3.63, 3.8) is 0 Å². The van der Waals surface area contributed by atoms with Gasteiger partial charge in [-0.05, 0) is 14.1 Å². The summed E-state index contributed by atoms with van der Waals surface area (Å²) in [5, 5.41) is 32.6. The molecule has 0 bridgehead atoms. The van der Waals surface area contributed by atoms with E-state index in [-0.39, 0.29) is 85.3 Å². The Bertz CT molecular complexity index is 301. The van der Waals surface area contributed by atoms with Gasteiger partial charge in [-0.2, -0.15) is 0 Å². The third kappa shape index (κ3) is 28.0. The van der Waals surface area contributed by atoms with Crippen molar-refractivity contribution in [3.05, 3.63) is 0 Å². The molecule has 0 aliphatic carbocycles. The summed E-state index contributed by atoms with van der Waals surface area (Å²) in [4.78, 5) is 42.2. The topological polar surface area (TPSA) is 156 Å². The van der Waals surface area contributed by atoms with Crippen LogP contribution >= 0.6 is 0 Å². The average Bonchev–Trinajstić information content (AvgIpc) is 2.11. The molecule has 0 aromatic carbocycles. The normalized spacial score (nSPS) is 8.91. The van der Waals surface area contributed by atoms with E-state index in [2.05, 4.69) is 0 Å². The Labute approximate surface area is 171 Å². The second-order valence-corrected chi connectivity index (χ2v) is 3.92. The van der Waals surface area contributed by atoms with Gasteiger partial charge in [-0.3, -0.25) is 29.0 Å². The molecular formula is C10H20N2Na2O8. The summed E-state index contributed by atoms with van der Waals surface area (Å²) in [7, 11) is 2.87. The van der Waals surface area contributed by atoms with Crippen LogP contribution in [0.2, 0.25) is 0 Å². The van der Waals surface area contributed by atoms with Crippen molar-refractivity contribution in [1.29, 1.82) is 0 Å². The zero-order valence-corrected chi connectivity index (χ0v) is 11.1. The van der Waals surface area contributed by atoms with E-state index in [1.807, 2.05) is 0 Å². The molecule has 0 saturated carbocycles. The maximum absolute atomic E-state index is 9.96. The van der Waals surface area contributed by atoms with Gasteiger partial charge in [0.25, 0.3) is 0 Å². The van der Waals surface area contributed by atoms with E-state index in [1.165, 1.54) is 23.9 Å². The molecule has 0 aliphatic rings. The third-order valence-corrected chi connectivity index (χ3v) is 1.62. The van der Waals surface area contributed by atoms with Gasteiger partial charge in [0.1, 0.15) is 0 Å². The van der Waals surface area contributed by atoms with Crippen LogP contribution in [0.15, 0.2) is 0 Å². The summed E-state index contributed by atoms with van der Waals surface area (Å²) < 4.78 is 0. The van der Waals surface area contributed by atoms with Crippen molar-refractivity contribution < 1.29 is 39.6 Å². The summed E-state index contributed by atoms with van der Waals surface area (Å²) in [6.07, 6.45) is 0. The number of hydrogen-bond acceptors (Lipinski definition) is 6. The molecule has 0 unspecified atom stereocenters. The molecule has 0 saturated heterocycles. The molecule has 0 heterocycles. The summed E-state index contributed by atoms with van der Waals surface area (Å²) >= 11 is 0. The monoisotopic (exact) mass is 342 g/mol. The SMILES string of the molecule is CN(CC(=O)O)CC(=O)O.CN(CC(=O)O)CC(=O)O.[NaH].[NaH]. The van der Waals surface area contributed by atoms with Crippen LogP contribution in [-0.2, 0) is 19.2 Å². The molecule has 0 aliphatic heterocycles. The molecule has 12 heteroatoms. The van der Waals surface area contributed by atoms with Crippen LogP contribution in [0.3, 0.4) is 0 Å². The summed E-state index contributed by atoms with van der Waals surface area (Å²) in [5.74, 6) is -4.10. The van der Waals surface area contributed by atoms with Crippen LogP contribution in [-0.4, -0.2) is 153 Å². The zero-order chi connectivity index (χ0) is 16.3. The fourth-order valence-corrected chi connectivity index (χ4v) is 1.04. The third-order valence-electron chi connectivity index (χ3n) is 1.62. The Kier molecular flexibility index (Phi) is 23.2. The van der Waals surface area contributed by atoms with E-state index in [9.17, 15) is 19.2 Å². The minimum absolute atomic E-state index is 0. The van der Waals surface area contributed by atoms with Crippen molar-refractivity contribution in [2.45, 2.75) is 0 Å². The molecule has 4 N–H and O–H groups in total. The number of carboxylic acids is 4. The van der Waals surface area contributed by atoms with Crippen LogP contribution < -0.4 is 0 Å².